The van der Waals surface area contributed by atoms with Crippen molar-refractivity contribution in [2.24, 2.45) is 0 Å². The number of carbonyl (C=O) groups excluding carboxylic acids is 3. The molecule has 2 rings (SSSR count). The number of carbonyl (C=O) groups is 3. The van der Waals surface area contributed by atoms with Gasteiger partial charge in [0.25, 0.3) is 5.91 Å². The third-order valence-electron chi connectivity index (χ3n) is 3.82. The van der Waals surface area contributed by atoms with E-state index >= 15 is 0 Å². The van der Waals surface area contributed by atoms with Crippen LogP contribution in [0.4, 0.5) is 0 Å². The molecule has 1 atom stereocenters. The zero-order valence-electron chi connectivity index (χ0n) is 14.9. The molecular weight excluding hydrogens is 350 g/mol. The van der Waals surface area contributed by atoms with E-state index in [2.05, 4.69) is 16.0 Å². The predicted octanol–water partition coefficient (Wildman–Crippen LogP) is 2.17. The van der Waals surface area contributed by atoms with E-state index in [1.165, 1.54) is 11.3 Å². The molecule has 0 unspecified atom stereocenters. The average molecular weight is 373 g/mol. The lowest BCUT2D eigenvalue weighted by molar-refractivity contribution is -0.126. The number of hydrogen-bond donors (Lipinski definition) is 3. The zero-order valence-corrected chi connectivity index (χ0v) is 15.7. The van der Waals surface area contributed by atoms with E-state index in [0.29, 0.717) is 4.88 Å². The Hall–Kier alpha value is -2.67. The SMILES string of the molecule is CC[C@@H](NC(=O)CNC(=O)CNC(=O)c1cccs1)c1ccc(C)cc1. The lowest BCUT2D eigenvalue weighted by Crippen LogP contribution is -2.42. The van der Waals surface area contributed by atoms with E-state index in [4.69, 9.17) is 0 Å². The van der Waals surface area contributed by atoms with Crippen LogP contribution in [0.2, 0.25) is 0 Å². The molecule has 0 saturated heterocycles. The van der Waals surface area contributed by atoms with Crippen LogP contribution in [0.15, 0.2) is 41.8 Å². The monoisotopic (exact) mass is 373 g/mol. The highest BCUT2D eigenvalue weighted by Gasteiger charge is 2.14. The Labute approximate surface area is 157 Å². The third-order valence-corrected chi connectivity index (χ3v) is 4.69. The standard InChI is InChI=1S/C19H23N3O3S/c1-3-15(14-8-6-13(2)7-9-14)22-18(24)12-20-17(23)11-21-19(25)16-5-4-10-26-16/h4-10,15H,3,11-12H2,1-2H3,(H,20,23)(H,21,25)(H,22,24)/t15-/m1/s1. The third kappa shape index (κ3) is 6.00. The Morgan fingerprint density at radius 3 is 2.31 bits per heavy atom. The fraction of sp³-hybridized carbons (Fsp3) is 0.316. The summed E-state index contributed by atoms with van der Waals surface area (Å²) in [4.78, 5) is 36.1. The van der Waals surface area contributed by atoms with Gasteiger partial charge in [-0.3, -0.25) is 14.4 Å². The Morgan fingerprint density at radius 2 is 1.69 bits per heavy atom. The van der Waals surface area contributed by atoms with Crippen molar-refractivity contribution < 1.29 is 14.4 Å². The number of thiophene rings is 1. The first-order chi connectivity index (χ1) is 12.5. The number of hydrogen-bond acceptors (Lipinski definition) is 4. The summed E-state index contributed by atoms with van der Waals surface area (Å²) >= 11 is 1.30. The molecule has 0 fully saturated rings. The summed E-state index contributed by atoms with van der Waals surface area (Å²) in [6, 6.07) is 11.3. The van der Waals surface area contributed by atoms with Crippen LogP contribution in [0.3, 0.4) is 0 Å². The highest BCUT2D eigenvalue weighted by Crippen LogP contribution is 2.16. The summed E-state index contributed by atoms with van der Waals surface area (Å²) in [5.74, 6) is -0.978. The molecule has 0 spiro atoms. The highest BCUT2D eigenvalue weighted by atomic mass is 32.1. The van der Waals surface area contributed by atoms with Crippen LogP contribution in [0.5, 0.6) is 0 Å². The predicted molar refractivity (Wildman–Crippen MR) is 102 cm³/mol. The van der Waals surface area contributed by atoms with Crippen LogP contribution in [0.25, 0.3) is 0 Å². The number of nitrogens with one attached hydrogen (secondary N) is 3. The highest BCUT2D eigenvalue weighted by molar-refractivity contribution is 7.12. The van der Waals surface area contributed by atoms with Gasteiger partial charge in [-0.15, -0.1) is 11.3 Å². The smallest absolute Gasteiger partial charge is 0.261 e. The van der Waals surface area contributed by atoms with Crippen molar-refractivity contribution in [3.05, 3.63) is 57.8 Å². The second-order valence-corrected chi connectivity index (χ2v) is 6.82. The molecule has 0 bridgehead atoms. The minimum Gasteiger partial charge on any atom is -0.348 e. The van der Waals surface area contributed by atoms with Crippen molar-refractivity contribution >= 4 is 29.1 Å². The maximum atomic E-state index is 12.1. The molecule has 3 N–H and O–H groups in total. The van der Waals surface area contributed by atoms with Crippen LogP contribution < -0.4 is 16.0 Å². The van der Waals surface area contributed by atoms with Gasteiger partial charge >= 0.3 is 0 Å². The maximum absolute atomic E-state index is 12.1. The fourth-order valence-corrected chi connectivity index (χ4v) is 3.00. The molecule has 26 heavy (non-hydrogen) atoms. The molecule has 0 aliphatic rings. The van der Waals surface area contributed by atoms with E-state index < -0.39 is 5.91 Å². The number of amides is 3. The van der Waals surface area contributed by atoms with Gasteiger partial charge in [-0.2, -0.15) is 0 Å². The van der Waals surface area contributed by atoms with Gasteiger partial charge in [-0.1, -0.05) is 42.8 Å². The Bertz CT molecular complexity index is 742. The van der Waals surface area contributed by atoms with Crippen molar-refractivity contribution in [3.63, 3.8) is 0 Å². The fourth-order valence-electron chi connectivity index (χ4n) is 2.36. The van der Waals surface area contributed by atoms with Gasteiger partial charge in [0, 0.05) is 0 Å². The van der Waals surface area contributed by atoms with Crippen LogP contribution in [-0.4, -0.2) is 30.8 Å². The molecule has 0 aliphatic heterocycles. The largest absolute Gasteiger partial charge is 0.348 e. The summed E-state index contributed by atoms with van der Waals surface area (Å²) in [5, 5.41) is 9.73. The second kappa shape index (κ2) is 9.72. The van der Waals surface area contributed by atoms with Crippen LogP contribution in [0, 0.1) is 6.92 Å². The lowest BCUT2D eigenvalue weighted by atomic mass is 10.0. The van der Waals surface area contributed by atoms with Gasteiger partial charge in [0.2, 0.25) is 11.8 Å². The molecule has 0 saturated carbocycles. The first-order valence-electron chi connectivity index (χ1n) is 8.44. The second-order valence-electron chi connectivity index (χ2n) is 5.88. The molecule has 0 aliphatic carbocycles. The van der Waals surface area contributed by atoms with Gasteiger partial charge in [0.1, 0.15) is 0 Å². The van der Waals surface area contributed by atoms with E-state index in [9.17, 15) is 14.4 Å². The van der Waals surface area contributed by atoms with E-state index in [-0.39, 0.29) is 30.9 Å². The van der Waals surface area contributed by atoms with Gasteiger partial charge in [0.15, 0.2) is 0 Å². The first-order valence-corrected chi connectivity index (χ1v) is 9.32. The molecule has 6 nitrogen and oxygen atoms in total. The maximum Gasteiger partial charge on any atom is 0.261 e. The molecule has 0 radical (unpaired) electrons. The molecule has 3 amide bonds. The summed E-state index contributed by atoms with van der Waals surface area (Å²) < 4.78 is 0. The van der Waals surface area contributed by atoms with E-state index in [1.54, 1.807) is 17.5 Å². The lowest BCUT2D eigenvalue weighted by Gasteiger charge is -2.18. The molecule has 7 heteroatoms. The van der Waals surface area contributed by atoms with E-state index in [1.807, 2.05) is 38.1 Å². The zero-order chi connectivity index (χ0) is 18.9. The molecular formula is C19H23N3O3S. The summed E-state index contributed by atoms with van der Waals surface area (Å²) in [6.07, 6.45) is 0.750. The van der Waals surface area contributed by atoms with Crippen molar-refractivity contribution in [3.8, 4) is 0 Å². The molecule has 1 heterocycles. The molecule has 1 aromatic heterocycles. The molecule has 2 aromatic rings. The van der Waals surface area contributed by atoms with Gasteiger partial charge in [0.05, 0.1) is 24.0 Å². The topological polar surface area (TPSA) is 87.3 Å². The minimum atomic E-state index is -0.409. The van der Waals surface area contributed by atoms with Crippen LogP contribution >= 0.6 is 11.3 Å². The van der Waals surface area contributed by atoms with E-state index in [0.717, 1.165) is 17.5 Å². The van der Waals surface area contributed by atoms with Crippen LogP contribution in [0.1, 0.15) is 40.2 Å². The van der Waals surface area contributed by atoms with Gasteiger partial charge in [-0.05, 0) is 30.4 Å². The van der Waals surface area contributed by atoms with Crippen molar-refractivity contribution in [1.82, 2.24) is 16.0 Å². The summed E-state index contributed by atoms with van der Waals surface area (Å²) in [5.41, 5.74) is 2.19. The van der Waals surface area contributed by atoms with Crippen molar-refractivity contribution in [1.29, 1.82) is 0 Å². The average Bonchev–Trinajstić information content (AvgIpc) is 3.18. The first kappa shape index (κ1) is 19.7. The van der Waals surface area contributed by atoms with Gasteiger partial charge in [-0.25, -0.2) is 0 Å². The van der Waals surface area contributed by atoms with Gasteiger partial charge < -0.3 is 16.0 Å². The summed E-state index contributed by atoms with van der Waals surface area (Å²) in [7, 11) is 0. The minimum absolute atomic E-state index is 0.0986. The Balaban J connectivity index is 1.73. The Morgan fingerprint density at radius 1 is 1.00 bits per heavy atom. The quantitative estimate of drug-likeness (QED) is 0.663. The number of benzene rings is 1. The number of aryl methyl sites for hydroxylation is 1. The molecule has 138 valence electrons. The molecule has 1 aromatic carbocycles. The Kier molecular flexibility index (Phi) is 7.35. The summed E-state index contributed by atoms with van der Waals surface area (Å²) in [6.45, 7) is 3.70. The van der Waals surface area contributed by atoms with Crippen molar-refractivity contribution in [2.75, 3.05) is 13.1 Å². The normalized spacial score (nSPS) is 11.5. The number of rotatable bonds is 8. The van der Waals surface area contributed by atoms with Crippen molar-refractivity contribution in [2.45, 2.75) is 26.3 Å². The van der Waals surface area contributed by atoms with Crippen LogP contribution in [-0.2, 0) is 9.59 Å².